The molecule has 0 aliphatic carbocycles. The van der Waals surface area contributed by atoms with Crippen LogP contribution in [0.5, 0.6) is 5.75 Å². The summed E-state index contributed by atoms with van der Waals surface area (Å²) in [6, 6.07) is 14.0. The Morgan fingerprint density at radius 3 is 2.86 bits per heavy atom. The Kier molecular flexibility index (Phi) is 6.07. The van der Waals surface area contributed by atoms with Crippen LogP contribution in [0.2, 0.25) is 0 Å². The van der Waals surface area contributed by atoms with Crippen molar-refractivity contribution in [3.05, 3.63) is 55.1 Å². The lowest BCUT2D eigenvalue weighted by Gasteiger charge is -2.06. The van der Waals surface area contributed by atoms with Crippen molar-refractivity contribution in [1.82, 2.24) is 5.32 Å². The van der Waals surface area contributed by atoms with Crippen molar-refractivity contribution in [2.75, 3.05) is 13.2 Å². The van der Waals surface area contributed by atoms with Gasteiger partial charge in [0.2, 0.25) is 5.91 Å². The standard InChI is InChI=1S/C19H19NO2/c1-2-3-13-19(21)20-14-6-7-15-22-18-12-8-10-16-9-4-5-11-17(16)18/h2,4-5,8-12H,1,3,13-15H2,(H,20,21). The molecule has 0 unspecified atom stereocenters. The molecule has 0 aromatic heterocycles. The van der Waals surface area contributed by atoms with Crippen molar-refractivity contribution in [2.45, 2.75) is 12.8 Å². The number of allylic oxidation sites excluding steroid dienone is 1. The van der Waals surface area contributed by atoms with Crippen LogP contribution in [-0.4, -0.2) is 19.1 Å². The van der Waals surface area contributed by atoms with Crippen LogP contribution in [0.4, 0.5) is 0 Å². The summed E-state index contributed by atoms with van der Waals surface area (Å²) in [6.45, 7) is 4.22. The molecule has 0 aliphatic heterocycles. The molecule has 0 atom stereocenters. The number of benzene rings is 2. The van der Waals surface area contributed by atoms with Gasteiger partial charge < -0.3 is 10.1 Å². The van der Waals surface area contributed by atoms with Crippen LogP contribution < -0.4 is 10.1 Å². The molecule has 0 fully saturated rings. The van der Waals surface area contributed by atoms with E-state index >= 15 is 0 Å². The molecule has 0 bridgehead atoms. The van der Waals surface area contributed by atoms with Crippen molar-refractivity contribution >= 4 is 16.7 Å². The van der Waals surface area contributed by atoms with E-state index in [2.05, 4.69) is 23.7 Å². The molecule has 2 aromatic carbocycles. The fourth-order valence-corrected chi connectivity index (χ4v) is 2.01. The first-order valence-electron chi connectivity index (χ1n) is 7.25. The smallest absolute Gasteiger partial charge is 0.221 e. The van der Waals surface area contributed by atoms with Gasteiger partial charge in [-0.15, -0.1) is 6.58 Å². The zero-order valence-electron chi connectivity index (χ0n) is 12.5. The minimum absolute atomic E-state index is 0.0100. The van der Waals surface area contributed by atoms with E-state index in [-0.39, 0.29) is 5.91 Å². The Morgan fingerprint density at radius 1 is 1.18 bits per heavy atom. The quantitative estimate of drug-likeness (QED) is 0.655. The predicted molar refractivity (Wildman–Crippen MR) is 89.7 cm³/mol. The highest BCUT2D eigenvalue weighted by Gasteiger charge is 1.99. The minimum Gasteiger partial charge on any atom is -0.480 e. The molecular weight excluding hydrogens is 274 g/mol. The number of amides is 1. The molecule has 0 saturated heterocycles. The van der Waals surface area contributed by atoms with E-state index in [4.69, 9.17) is 4.74 Å². The first kappa shape index (κ1) is 15.7. The average molecular weight is 293 g/mol. The highest BCUT2D eigenvalue weighted by atomic mass is 16.5. The third kappa shape index (κ3) is 4.68. The Bertz CT molecular complexity index is 705. The van der Waals surface area contributed by atoms with Gasteiger partial charge in [0.05, 0.1) is 6.54 Å². The Labute approximate surface area is 131 Å². The average Bonchev–Trinajstić information content (AvgIpc) is 2.56. The summed E-state index contributed by atoms with van der Waals surface area (Å²) < 4.78 is 5.69. The molecule has 1 N–H and O–H groups in total. The van der Waals surface area contributed by atoms with Crippen LogP contribution in [0, 0.1) is 11.8 Å². The molecule has 22 heavy (non-hydrogen) atoms. The van der Waals surface area contributed by atoms with Crippen molar-refractivity contribution in [3.8, 4) is 17.6 Å². The third-order valence-electron chi connectivity index (χ3n) is 3.12. The Balaban J connectivity index is 1.80. The van der Waals surface area contributed by atoms with Crippen LogP contribution in [0.15, 0.2) is 55.1 Å². The molecule has 2 rings (SSSR count). The number of nitrogens with one attached hydrogen (secondary N) is 1. The van der Waals surface area contributed by atoms with Crippen LogP contribution in [0.3, 0.4) is 0 Å². The van der Waals surface area contributed by atoms with E-state index in [9.17, 15) is 4.79 Å². The van der Waals surface area contributed by atoms with E-state index in [0.717, 1.165) is 16.5 Å². The fraction of sp³-hybridized carbons (Fsp3) is 0.211. The van der Waals surface area contributed by atoms with E-state index in [1.54, 1.807) is 6.08 Å². The summed E-state index contributed by atoms with van der Waals surface area (Å²) in [6.07, 6.45) is 2.87. The lowest BCUT2D eigenvalue weighted by atomic mass is 10.1. The van der Waals surface area contributed by atoms with Gasteiger partial charge in [-0.1, -0.05) is 54.3 Å². The summed E-state index contributed by atoms with van der Waals surface area (Å²) in [4.78, 5) is 11.3. The van der Waals surface area contributed by atoms with Gasteiger partial charge in [-0.05, 0) is 17.9 Å². The number of carbonyl (C=O) groups excluding carboxylic acids is 1. The number of carbonyl (C=O) groups is 1. The van der Waals surface area contributed by atoms with Crippen molar-refractivity contribution < 1.29 is 9.53 Å². The Hall–Kier alpha value is -2.73. The maximum absolute atomic E-state index is 11.3. The largest absolute Gasteiger partial charge is 0.480 e. The molecule has 0 radical (unpaired) electrons. The van der Waals surface area contributed by atoms with Gasteiger partial charge in [0.15, 0.2) is 0 Å². The van der Waals surface area contributed by atoms with E-state index in [0.29, 0.717) is 26.0 Å². The molecule has 0 heterocycles. The normalized spacial score (nSPS) is 9.64. The predicted octanol–water partition coefficient (Wildman–Crippen LogP) is 3.30. The number of rotatable bonds is 6. The molecule has 0 saturated carbocycles. The molecule has 3 nitrogen and oxygen atoms in total. The highest BCUT2D eigenvalue weighted by molar-refractivity contribution is 5.88. The summed E-state index contributed by atoms with van der Waals surface area (Å²) in [5.41, 5.74) is 0. The van der Waals surface area contributed by atoms with Crippen LogP contribution in [0.25, 0.3) is 10.8 Å². The summed E-state index contributed by atoms with van der Waals surface area (Å²) >= 11 is 0. The van der Waals surface area contributed by atoms with Gasteiger partial charge in [0.25, 0.3) is 0 Å². The fourth-order valence-electron chi connectivity index (χ4n) is 2.01. The molecule has 2 aromatic rings. The highest BCUT2D eigenvalue weighted by Crippen LogP contribution is 2.24. The Morgan fingerprint density at radius 2 is 2.00 bits per heavy atom. The number of hydrogen-bond acceptors (Lipinski definition) is 2. The number of fused-ring (bicyclic) bond motifs is 1. The summed E-state index contributed by atoms with van der Waals surface area (Å²) in [5.74, 6) is 6.59. The monoisotopic (exact) mass is 293 g/mol. The third-order valence-corrected chi connectivity index (χ3v) is 3.12. The number of ether oxygens (including phenoxy) is 1. The molecule has 112 valence electrons. The number of hydrogen-bond donors (Lipinski definition) is 1. The second kappa shape index (κ2) is 8.53. The maximum Gasteiger partial charge on any atom is 0.221 e. The van der Waals surface area contributed by atoms with Gasteiger partial charge in [-0.25, -0.2) is 0 Å². The van der Waals surface area contributed by atoms with Gasteiger partial charge in [0.1, 0.15) is 12.4 Å². The van der Waals surface area contributed by atoms with Gasteiger partial charge in [-0.3, -0.25) is 4.79 Å². The molecule has 0 aliphatic rings. The van der Waals surface area contributed by atoms with Crippen molar-refractivity contribution in [3.63, 3.8) is 0 Å². The van der Waals surface area contributed by atoms with Crippen molar-refractivity contribution in [1.29, 1.82) is 0 Å². The van der Waals surface area contributed by atoms with E-state index in [1.165, 1.54) is 0 Å². The first-order chi connectivity index (χ1) is 10.8. The second-order valence-corrected chi connectivity index (χ2v) is 4.72. The van der Waals surface area contributed by atoms with E-state index in [1.807, 2.05) is 42.5 Å². The molecule has 3 heteroatoms. The topological polar surface area (TPSA) is 38.3 Å². The summed E-state index contributed by atoms with van der Waals surface area (Å²) in [7, 11) is 0. The first-order valence-corrected chi connectivity index (χ1v) is 7.25. The minimum atomic E-state index is -0.0100. The summed E-state index contributed by atoms with van der Waals surface area (Å²) in [5, 5.41) is 4.94. The van der Waals surface area contributed by atoms with Gasteiger partial charge in [-0.2, -0.15) is 0 Å². The molecular formula is C19H19NO2. The SMILES string of the molecule is C=CCCC(=O)NCC#CCOc1cccc2ccccc12. The zero-order chi connectivity index (χ0) is 15.6. The van der Waals surface area contributed by atoms with Crippen LogP contribution in [0.1, 0.15) is 12.8 Å². The lowest BCUT2D eigenvalue weighted by molar-refractivity contribution is -0.120. The second-order valence-electron chi connectivity index (χ2n) is 4.72. The van der Waals surface area contributed by atoms with E-state index < -0.39 is 0 Å². The van der Waals surface area contributed by atoms with Crippen LogP contribution >= 0.6 is 0 Å². The van der Waals surface area contributed by atoms with Gasteiger partial charge >= 0.3 is 0 Å². The zero-order valence-corrected chi connectivity index (χ0v) is 12.5. The van der Waals surface area contributed by atoms with Gasteiger partial charge in [0, 0.05) is 11.8 Å². The molecule has 0 spiro atoms. The van der Waals surface area contributed by atoms with Crippen LogP contribution in [-0.2, 0) is 4.79 Å². The van der Waals surface area contributed by atoms with Crippen molar-refractivity contribution in [2.24, 2.45) is 0 Å². The lowest BCUT2D eigenvalue weighted by Crippen LogP contribution is -2.22. The molecule has 1 amide bonds. The maximum atomic E-state index is 11.3.